The summed E-state index contributed by atoms with van der Waals surface area (Å²) in [5.74, 6) is 0.0225. The largest absolute Gasteiger partial charge is 0.490 e. The van der Waals surface area contributed by atoms with Crippen molar-refractivity contribution in [1.29, 1.82) is 0 Å². The predicted octanol–water partition coefficient (Wildman–Crippen LogP) is 5.06. The Bertz CT molecular complexity index is 1020. The molecule has 1 heterocycles. The van der Waals surface area contributed by atoms with Crippen molar-refractivity contribution in [3.63, 3.8) is 0 Å². The molecule has 37 heavy (non-hydrogen) atoms. The van der Waals surface area contributed by atoms with Crippen molar-refractivity contribution in [2.45, 2.75) is 52.6 Å². The van der Waals surface area contributed by atoms with Crippen LogP contribution in [0.25, 0.3) is 0 Å². The van der Waals surface area contributed by atoms with Crippen LogP contribution < -0.4 is 14.2 Å². The lowest BCUT2D eigenvalue weighted by Crippen LogP contribution is -2.45. The van der Waals surface area contributed by atoms with Gasteiger partial charge in [0, 0.05) is 39.3 Å². The number of aliphatic carboxylic acids is 1. The smallest absolute Gasteiger partial charge is 0.416 e. The highest BCUT2D eigenvalue weighted by atomic mass is 19.4. The number of halogens is 3. The van der Waals surface area contributed by atoms with Gasteiger partial charge in [-0.05, 0) is 63.1 Å². The Morgan fingerprint density at radius 3 is 1.73 bits per heavy atom. The minimum absolute atomic E-state index is 0.265. The first kappa shape index (κ1) is 28.6. The Kier molecular flexibility index (Phi) is 9.31. The molecule has 204 valence electrons. The Morgan fingerprint density at radius 1 is 0.865 bits per heavy atom. The van der Waals surface area contributed by atoms with E-state index in [4.69, 9.17) is 14.2 Å². The van der Waals surface area contributed by atoms with Gasteiger partial charge in [0.2, 0.25) is 5.75 Å². The molecule has 10 heteroatoms. The number of hydrogen-bond acceptors (Lipinski definition) is 6. The summed E-state index contributed by atoms with van der Waals surface area (Å²) in [4.78, 5) is 16.1. The average molecular weight is 525 g/mol. The van der Waals surface area contributed by atoms with Crippen molar-refractivity contribution in [3.05, 3.63) is 53.1 Å². The highest BCUT2D eigenvalue weighted by Gasteiger charge is 2.33. The van der Waals surface area contributed by atoms with Crippen molar-refractivity contribution in [1.82, 2.24) is 9.80 Å². The number of rotatable bonds is 11. The van der Waals surface area contributed by atoms with E-state index in [0.717, 1.165) is 49.4 Å². The van der Waals surface area contributed by atoms with Crippen molar-refractivity contribution >= 4 is 5.97 Å². The predicted molar refractivity (Wildman–Crippen MR) is 133 cm³/mol. The number of benzene rings is 2. The molecule has 2 aromatic carbocycles. The molecule has 1 N–H and O–H groups in total. The van der Waals surface area contributed by atoms with Crippen molar-refractivity contribution in [2.24, 2.45) is 0 Å². The molecule has 7 nitrogen and oxygen atoms in total. The number of hydrogen-bond donors (Lipinski definition) is 1. The van der Waals surface area contributed by atoms with Crippen LogP contribution in [0.4, 0.5) is 13.2 Å². The van der Waals surface area contributed by atoms with Crippen LogP contribution in [0, 0.1) is 0 Å². The van der Waals surface area contributed by atoms with Crippen LogP contribution in [0.2, 0.25) is 0 Å². The summed E-state index contributed by atoms with van der Waals surface area (Å²) in [6.07, 6.45) is -4.33. The zero-order valence-corrected chi connectivity index (χ0v) is 21.7. The fourth-order valence-corrected chi connectivity index (χ4v) is 4.07. The Balaban J connectivity index is 1.67. The Hall–Kier alpha value is -2.98. The molecule has 0 spiro atoms. The third-order valence-electron chi connectivity index (χ3n) is 6.11. The van der Waals surface area contributed by atoms with E-state index in [9.17, 15) is 23.1 Å². The summed E-state index contributed by atoms with van der Waals surface area (Å²) in [5, 5.41) is 9.51. The molecule has 0 unspecified atom stereocenters. The molecule has 3 rings (SSSR count). The molecule has 0 amide bonds. The molecule has 1 aliphatic heterocycles. The van der Waals surface area contributed by atoms with E-state index in [1.54, 1.807) is 0 Å². The van der Waals surface area contributed by atoms with Crippen LogP contribution in [0.15, 0.2) is 36.4 Å². The lowest BCUT2D eigenvalue weighted by atomic mass is 10.1. The standard InChI is InChI=1S/C27H35F3N2O5/c1-5-35-22-15-20(16-23(36-6-2)24(22)37-26(3,4)25(33)34)18-32-13-11-31(12-14-32)17-19-7-9-21(10-8-19)27(28,29)30/h7-10,15-16H,5-6,11-14,17-18H2,1-4H3,(H,33,34). The molecule has 2 aromatic rings. The van der Waals surface area contributed by atoms with Crippen LogP contribution in [0.3, 0.4) is 0 Å². The van der Waals surface area contributed by atoms with Gasteiger partial charge in [0.15, 0.2) is 17.1 Å². The molecule has 0 aromatic heterocycles. The molecule has 0 radical (unpaired) electrons. The average Bonchev–Trinajstić information content (AvgIpc) is 2.82. The SMILES string of the molecule is CCOc1cc(CN2CCN(Cc3ccc(C(F)(F)F)cc3)CC2)cc(OCC)c1OC(C)(C)C(=O)O. The summed E-state index contributed by atoms with van der Waals surface area (Å²) in [6, 6.07) is 9.04. The third kappa shape index (κ3) is 7.75. The highest BCUT2D eigenvalue weighted by Crippen LogP contribution is 2.41. The second-order valence-corrected chi connectivity index (χ2v) is 9.45. The monoisotopic (exact) mass is 524 g/mol. The molecule has 1 aliphatic rings. The van der Waals surface area contributed by atoms with Gasteiger partial charge in [-0.25, -0.2) is 4.79 Å². The van der Waals surface area contributed by atoms with Crippen molar-refractivity contribution in [3.8, 4) is 17.2 Å². The Labute approximate surface area is 215 Å². The van der Waals surface area contributed by atoms with E-state index in [2.05, 4.69) is 9.80 Å². The topological polar surface area (TPSA) is 71.5 Å². The normalized spacial score (nSPS) is 15.4. The molecule has 0 atom stereocenters. The number of piperazine rings is 1. The van der Waals surface area contributed by atoms with E-state index in [1.165, 1.54) is 26.0 Å². The van der Waals surface area contributed by atoms with E-state index < -0.39 is 23.3 Å². The number of alkyl halides is 3. The second-order valence-electron chi connectivity index (χ2n) is 9.45. The minimum Gasteiger partial charge on any atom is -0.490 e. The van der Waals surface area contributed by atoms with Crippen LogP contribution in [0.5, 0.6) is 17.2 Å². The van der Waals surface area contributed by atoms with Gasteiger partial charge in [0.1, 0.15) is 0 Å². The van der Waals surface area contributed by atoms with Gasteiger partial charge < -0.3 is 19.3 Å². The van der Waals surface area contributed by atoms with Crippen molar-refractivity contribution in [2.75, 3.05) is 39.4 Å². The zero-order chi connectivity index (χ0) is 27.2. The number of ether oxygens (including phenoxy) is 3. The van der Waals surface area contributed by atoms with Crippen LogP contribution in [-0.4, -0.2) is 65.9 Å². The van der Waals surface area contributed by atoms with E-state index >= 15 is 0 Å². The quantitative estimate of drug-likeness (QED) is 0.441. The summed E-state index contributed by atoms with van der Waals surface area (Å²) < 4.78 is 55.8. The van der Waals surface area contributed by atoms with Gasteiger partial charge in [-0.2, -0.15) is 13.2 Å². The lowest BCUT2D eigenvalue weighted by molar-refractivity contribution is -0.152. The van der Waals surface area contributed by atoms with Crippen LogP contribution in [-0.2, 0) is 24.1 Å². The molecule has 0 aliphatic carbocycles. The van der Waals surface area contributed by atoms with Crippen LogP contribution >= 0.6 is 0 Å². The van der Waals surface area contributed by atoms with E-state index in [-0.39, 0.29) is 5.75 Å². The fraction of sp³-hybridized carbons (Fsp3) is 0.519. The first-order chi connectivity index (χ1) is 17.4. The number of nitrogens with zero attached hydrogens (tertiary/aromatic N) is 2. The first-order valence-electron chi connectivity index (χ1n) is 12.4. The number of carboxylic acid groups (broad SMARTS) is 1. The minimum atomic E-state index is -4.33. The van der Waals surface area contributed by atoms with Gasteiger partial charge in [-0.1, -0.05) is 12.1 Å². The van der Waals surface area contributed by atoms with Gasteiger partial charge >= 0.3 is 12.1 Å². The summed E-state index contributed by atoms with van der Waals surface area (Å²) in [6.45, 7) is 11.8. The third-order valence-corrected chi connectivity index (χ3v) is 6.11. The van der Waals surface area contributed by atoms with Crippen molar-refractivity contribution < 1.29 is 37.3 Å². The summed E-state index contributed by atoms with van der Waals surface area (Å²) in [7, 11) is 0. The molecular weight excluding hydrogens is 489 g/mol. The molecule has 1 fully saturated rings. The van der Waals surface area contributed by atoms with Gasteiger partial charge in [-0.15, -0.1) is 0 Å². The number of carboxylic acids is 1. The van der Waals surface area contributed by atoms with E-state index in [1.807, 2.05) is 26.0 Å². The molecule has 0 saturated carbocycles. The molecular formula is C27H35F3N2O5. The molecule has 1 saturated heterocycles. The van der Waals surface area contributed by atoms with Gasteiger partial charge in [0.25, 0.3) is 0 Å². The lowest BCUT2D eigenvalue weighted by Gasteiger charge is -2.35. The van der Waals surface area contributed by atoms with Gasteiger partial charge in [-0.3, -0.25) is 9.80 Å². The van der Waals surface area contributed by atoms with Gasteiger partial charge in [0.05, 0.1) is 18.8 Å². The molecule has 0 bridgehead atoms. The number of carbonyl (C=O) groups is 1. The summed E-state index contributed by atoms with van der Waals surface area (Å²) in [5.41, 5.74) is -0.308. The van der Waals surface area contributed by atoms with Crippen LogP contribution in [0.1, 0.15) is 44.4 Å². The fourth-order valence-electron chi connectivity index (χ4n) is 4.07. The Morgan fingerprint density at radius 2 is 1.32 bits per heavy atom. The summed E-state index contributed by atoms with van der Waals surface area (Å²) >= 11 is 0. The first-order valence-corrected chi connectivity index (χ1v) is 12.4. The second kappa shape index (κ2) is 12.0. The maximum Gasteiger partial charge on any atom is 0.416 e. The maximum atomic E-state index is 12.8. The highest BCUT2D eigenvalue weighted by molar-refractivity contribution is 5.77. The zero-order valence-electron chi connectivity index (χ0n) is 21.7. The maximum absolute atomic E-state index is 12.8. The van der Waals surface area contributed by atoms with E-state index in [0.29, 0.717) is 37.8 Å².